The predicted octanol–water partition coefficient (Wildman–Crippen LogP) is -0.821. The second-order valence-corrected chi connectivity index (χ2v) is 1.75. The van der Waals surface area contributed by atoms with Gasteiger partial charge in [0.15, 0.2) is 0 Å². The summed E-state index contributed by atoms with van der Waals surface area (Å²) >= 11 is 0. The Balaban J connectivity index is 3.64. The monoisotopic (exact) mass is 132 g/mol. The summed E-state index contributed by atoms with van der Waals surface area (Å²) in [5, 5.41) is 9.64. The Morgan fingerprint density at radius 1 is 1.89 bits per heavy atom. The fourth-order valence-electron chi connectivity index (χ4n) is 0.271. The molecular weight excluding hydrogens is 124 g/mol. The molecule has 0 saturated heterocycles. The van der Waals surface area contributed by atoms with E-state index in [0.29, 0.717) is 0 Å². The van der Waals surface area contributed by atoms with Crippen LogP contribution in [0.25, 0.3) is 0 Å². The van der Waals surface area contributed by atoms with E-state index in [2.05, 4.69) is 0 Å². The summed E-state index contributed by atoms with van der Waals surface area (Å²) in [6, 6.07) is -0.726. The molecule has 0 aromatic heterocycles. The molecule has 0 aromatic carbocycles. The van der Waals surface area contributed by atoms with Crippen LogP contribution < -0.4 is 5.73 Å². The Kier molecular flexibility index (Phi) is 2.80. The second kappa shape index (κ2) is 3.13. The smallest absolute Gasteiger partial charge is 0.262 e. The van der Waals surface area contributed by atoms with E-state index < -0.39 is 23.3 Å². The number of nitro groups is 1. The van der Waals surface area contributed by atoms with Gasteiger partial charge in [-0.2, -0.15) is 0 Å². The molecule has 52 valence electrons. The average Bonchev–Trinajstić information content (AvgIpc) is 1.63. The molecule has 0 radical (unpaired) electrons. The maximum atomic E-state index is 10.4. The maximum absolute atomic E-state index is 10.4. The maximum Gasteiger partial charge on any atom is 0.262 e. The van der Waals surface area contributed by atoms with E-state index in [9.17, 15) is 14.9 Å². The molecule has 5 nitrogen and oxygen atoms in total. The van der Waals surface area contributed by atoms with Crippen LogP contribution in [0.1, 0.15) is 6.92 Å². The molecule has 0 fully saturated rings. The number of carbonyl (C=O) groups is 1. The van der Waals surface area contributed by atoms with Crippen molar-refractivity contribution < 1.29 is 9.72 Å². The van der Waals surface area contributed by atoms with E-state index >= 15 is 0 Å². The SMILES string of the molecule is C[C@H](N)C(=O)C[N+](=O)[O-]. The van der Waals surface area contributed by atoms with Gasteiger partial charge in [-0.05, 0) is 6.92 Å². The molecule has 0 unspecified atom stereocenters. The predicted molar refractivity (Wildman–Crippen MR) is 30.5 cm³/mol. The molecule has 0 aliphatic rings. The normalized spacial score (nSPS) is 12.7. The van der Waals surface area contributed by atoms with Crippen molar-refractivity contribution in [2.45, 2.75) is 13.0 Å². The van der Waals surface area contributed by atoms with Gasteiger partial charge in [0.05, 0.1) is 6.04 Å². The van der Waals surface area contributed by atoms with Crippen LogP contribution in [0.3, 0.4) is 0 Å². The third-order valence-corrected chi connectivity index (χ3v) is 0.793. The Bertz CT molecular complexity index is 132. The molecule has 0 heterocycles. The fraction of sp³-hybridized carbons (Fsp3) is 0.750. The van der Waals surface area contributed by atoms with Gasteiger partial charge in [0.1, 0.15) is 0 Å². The van der Waals surface area contributed by atoms with Crippen molar-refractivity contribution >= 4 is 5.78 Å². The Labute approximate surface area is 52.0 Å². The third-order valence-electron chi connectivity index (χ3n) is 0.793. The van der Waals surface area contributed by atoms with Gasteiger partial charge in [-0.25, -0.2) is 0 Å². The highest BCUT2D eigenvalue weighted by molar-refractivity contribution is 5.84. The number of hydrogen-bond acceptors (Lipinski definition) is 4. The molecule has 0 saturated carbocycles. The summed E-state index contributed by atoms with van der Waals surface area (Å²) in [6.07, 6.45) is 0. The van der Waals surface area contributed by atoms with Crippen molar-refractivity contribution in [1.82, 2.24) is 0 Å². The number of hydrogen-bond donors (Lipinski definition) is 1. The summed E-state index contributed by atoms with van der Waals surface area (Å²) in [4.78, 5) is 19.3. The Hall–Kier alpha value is -0.970. The number of ketones is 1. The van der Waals surface area contributed by atoms with Crippen LogP contribution in [0.2, 0.25) is 0 Å². The van der Waals surface area contributed by atoms with Crippen LogP contribution in [0.4, 0.5) is 0 Å². The molecule has 1 atom stereocenters. The zero-order valence-corrected chi connectivity index (χ0v) is 5.03. The molecule has 0 rings (SSSR count). The first kappa shape index (κ1) is 8.03. The molecule has 0 spiro atoms. The lowest BCUT2D eigenvalue weighted by Crippen LogP contribution is -2.31. The molecule has 0 aliphatic heterocycles. The minimum absolute atomic E-state index is 0.542. The van der Waals surface area contributed by atoms with E-state index in [-0.39, 0.29) is 0 Å². The molecule has 0 amide bonds. The van der Waals surface area contributed by atoms with Gasteiger partial charge in [-0.1, -0.05) is 0 Å². The minimum atomic E-state index is -0.726. The van der Waals surface area contributed by atoms with Gasteiger partial charge in [-0.15, -0.1) is 0 Å². The van der Waals surface area contributed by atoms with Gasteiger partial charge in [0.25, 0.3) is 6.54 Å². The van der Waals surface area contributed by atoms with Gasteiger partial charge >= 0.3 is 0 Å². The average molecular weight is 132 g/mol. The van der Waals surface area contributed by atoms with E-state index in [4.69, 9.17) is 5.73 Å². The molecule has 0 aromatic rings. The lowest BCUT2D eigenvalue weighted by atomic mass is 10.2. The zero-order valence-electron chi connectivity index (χ0n) is 5.03. The Morgan fingerprint density at radius 3 is 2.44 bits per heavy atom. The van der Waals surface area contributed by atoms with Crippen LogP contribution in [0.5, 0.6) is 0 Å². The van der Waals surface area contributed by atoms with E-state index in [0.717, 1.165) is 0 Å². The molecule has 0 aliphatic carbocycles. The lowest BCUT2D eigenvalue weighted by Gasteiger charge is -1.96. The highest BCUT2D eigenvalue weighted by Crippen LogP contribution is 1.79. The third kappa shape index (κ3) is 3.60. The van der Waals surface area contributed by atoms with Crippen molar-refractivity contribution in [2.24, 2.45) is 5.73 Å². The summed E-state index contributed by atoms with van der Waals surface area (Å²) in [6.45, 7) is 0.753. The quantitative estimate of drug-likeness (QED) is 0.401. The van der Waals surface area contributed by atoms with Gasteiger partial charge in [-0.3, -0.25) is 14.9 Å². The first-order valence-electron chi connectivity index (χ1n) is 2.44. The molecule has 0 bridgehead atoms. The number of nitrogens with two attached hydrogens (primary N) is 1. The van der Waals surface area contributed by atoms with Crippen molar-refractivity contribution in [1.29, 1.82) is 0 Å². The summed E-state index contributed by atoms with van der Waals surface area (Å²) < 4.78 is 0. The van der Waals surface area contributed by atoms with Crippen LogP contribution in [-0.2, 0) is 4.79 Å². The second-order valence-electron chi connectivity index (χ2n) is 1.75. The van der Waals surface area contributed by atoms with E-state index in [1.807, 2.05) is 0 Å². The van der Waals surface area contributed by atoms with Crippen LogP contribution in [0.15, 0.2) is 0 Å². The highest BCUT2D eigenvalue weighted by atomic mass is 16.6. The summed E-state index contributed by atoms with van der Waals surface area (Å²) in [7, 11) is 0. The van der Waals surface area contributed by atoms with Gasteiger partial charge in [0, 0.05) is 4.92 Å². The van der Waals surface area contributed by atoms with Crippen molar-refractivity contribution in [3.05, 3.63) is 10.1 Å². The minimum Gasteiger partial charge on any atom is -0.322 e. The van der Waals surface area contributed by atoms with E-state index in [1.54, 1.807) is 0 Å². The number of nitrogens with zero attached hydrogens (tertiary/aromatic N) is 1. The summed E-state index contributed by atoms with van der Waals surface area (Å²) in [5.74, 6) is -0.542. The van der Waals surface area contributed by atoms with Gasteiger partial charge < -0.3 is 5.73 Å². The molecule has 5 heteroatoms. The van der Waals surface area contributed by atoms with Crippen LogP contribution >= 0.6 is 0 Å². The number of rotatable bonds is 3. The fourth-order valence-corrected chi connectivity index (χ4v) is 0.271. The largest absolute Gasteiger partial charge is 0.322 e. The molecular formula is C4H8N2O3. The zero-order chi connectivity index (χ0) is 7.44. The van der Waals surface area contributed by atoms with E-state index in [1.165, 1.54) is 6.92 Å². The molecule has 2 N–H and O–H groups in total. The standard InChI is InChI=1S/C4H8N2O3/c1-3(5)4(7)2-6(8)9/h3H,2,5H2,1H3/t3-/m0/s1. The highest BCUT2D eigenvalue weighted by Gasteiger charge is 2.13. The van der Waals surface area contributed by atoms with Crippen molar-refractivity contribution in [2.75, 3.05) is 6.54 Å². The van der Waals surface area contributed by atoms with Gasteiger partial charge in [0.2, 0.25) is 5.78 Å². The Morgan fingerprint density at radius 2 is 2.33 bits per heavy atom. The summed E-state index contributed by atoms with van der Waals surface area (Å²) in [5.41, 5.74) is 5.03. The lowest BCUT2D eigenvalue weighted by molar-refractivity contribution is -0.467. The van der Waals surface area contributed by atoms with Crippen LogP contribution in [0, 0.1) is 10.1 Å². The first-order chi connectivity index (χ1) is 4.04. The van der Waals surface area contributed by atoms with Crippen LogP contribution in [-0.4, -0.2) is 23.3 Å². The number of Topliss-reactive ketones (excluding diaryl/α,β-unsaturated/α-hetero) is 1. The van der Waals surface area contributed by atoms with Crippen molar-refractivity contribution in [3.63, 3.8) is 0 Å². The number of carbonyl (C=O) groups excluding carboxylic acids is 1. The van der Waals surface area contributed by atoms with Crippen molar-refractivity contribution in [3.8, 4) is 0 Å². The first-order valence-corrected chi connectivity index (χ1v) is 2.44. The molecule has 9 heavy (non-hydrogen) atoms. The topological polar surface area (TPSA) is 86.2 Å².